The molecular weight excluding hydrogens is 903 g/mol. The number of likely N-dealkylation sites (N-methyl/N-ethyl adjacent to an activating group) is 1. The highest BCUT2D eigenvalue weighted by atomic mass is 32.2. The van der Waals surface area contributed by atoms with Crippen LogP contribution in [0.3, 0.4) is 0 Å². The second kappa shape index (κ2) is 46.7. The van der Waals surface area contributed by atoms with Crippen molar-refractivity contribution in [1.82, 2.24) is 15.5 Å². The van der Waals surface area contributed by atoms with Crippen molar-refractivity contribution in [3.8, 4) is 0 Å². The summed E-state index contributed by atoms with van der Waals surface area (Å²) in [7, 11) is 3.91. The van der Waals surface area contributed by atoms with Crippen molar-refractivity contribution in [2.75, 3.05) is 75.8 Å². The predicted molar refractivity (Wildman–Crippen MR) is 287 cm³/mol. The number of hydrogen-bond donors (Lipinski definition) is 2. The van der Waals surface area contributed by atoms with Gasteiger partial charge in [-0.3, -0.25) is 24.0 Å². The van der Waals surface area contributed by atoms with Crippen LogP contribution in [0.4, 0.5) is 0 Å². The van der Waals surface area contributed by atoms with Gasteiger partial charge in [0.15, 0.2) is 0 Å². The molecule has 0 fully saturated rings. The van der Waals surface area contributed by atoms with Crippen LogP contribution in [0.25, 0.3) is 0 Å². The molecule has 0 spiro atoms. The molecule has 0 aliphatic carbocycles. The van der Waals surface area contributed by atoms with E-state index in [9.17, 15) is 24.0 Å². The Hall–Kier alpha value is -1.64. The lowest BCUT2D eigenvalue weighted by atomic mass is 9.96. The maximum atomic E-state index is 13.3. The monoisotopic (exact) mass is 1000 g/mol. The van der Waals surface area contributed by atoms with Gasteiger partial charge < -0.3 is 29.7 Å². The number of thioether (sulfide) groups is 3. The van der Waals surface area contributed by atoms with E-state index in [1.54, 1.807) is 35.3 Å². The largest absolute Gasteiger partial charge is 0.466 e. The van der Waals surface area contributed by atoms with E-state index in [4.69, 9.17) is 14.2 Å². The van der Waals surface area contributed by atoms with E-state index in [2.05, 4.69) is 52.2 Å². The molecule has 0 aliphatic rings. The first-order valence-corrected chi connectivity index (χ1v) is 30.1. The van der Waals surface area contributed by atoms with E-state index in [1.807, 2.05) is 19.0 Å². The standard InChI is InChI=1S/C53H101N3O8S3/c1-9-11-13-18-26-46(25-12-10-2)43-64-52(60)32-41-66-39-30-48(53(61)54-34-35-56(7)8)55-49(57)28-20-19-27-47(67-42-33-51(59)63-37-22-15-17-24-45(5)6)29-38-65-40-31-50(58)62-36-21-14-16-23-44(3)4/h44-48H,9-43H2,1-8H3,(H,54,61)(H,55,57). The molecule has 3 atom stereocenters. The highest BCUT2D eigenvalue weighted by molar-refractivity contribution is 8.00. The lowest BCUT2D eigenvalue weighted by molar-refractivity contribution is -0.145. The van der Waals surface area contributed by atoms with Crippen LogP contribution in [-0.4, -0.2) is 122 Å². The number of nitrogens with one attached hydrogen (secondary N) is 2. The molecule has 3 unspecified atom stereocenters. The molecule has 0 aromatic carbocycles. The van der Waals surface area contributed by atoms with Crippen LogP contribution in [0.1, 0.15) is 202 Å². The van der Waals surface area contributed by atoms with E-state index in [0.717, 1.165) is 88.6 Å². The summed E-state index contributed by atoms with van der Waals surface area (Å²) >= 11 is 5.17. The third-order valence-corrected chi connectivity index (χ3v) is 15.1. The molecule has 0 aliphatic heterocycles. The highest BCUT2D eigenvalue weighted by Crippen LogP contribution is 2.25. The second-order valence-corrected chi connectivity index (χ2v) is 23.3. The third kappa shape index (κ3) is 45.3. The van der Waals surface area contributed by atoms with Crippen LogP contribution in [0.15, 0.2) is 0 Å². The topological polar surface area (TPSA) is 140 Å². The summed E-state index contributed by atoms with van der Waals surface area (Å²) in [6, 6.07) is -0.645. The number of esters is 3. The Morgan fingerprint density at radius 2 is 1.04 bits per heavy atom. The number of nitrogens with zero attached hydrogens (tertiary/aromatic N) is 1. The molecular formula is C53H101N3O8S3. The van der Waals surface area contributed by atoms with Gasteiger partial charge in [-0.1, -0.05) is 125 Å². The maximum Gasteiger partial charge on any atom is 0.306 e. The summed E-state index contributed by atoms with van der Waals surface area (Å²) in [5.74, 6) is 4.65. The molecule has 0 radical (unpaired) electrons. The van der Waals surface area contributed by atoms with Crippen LogP contribution in [0.5, 0.6) is 0 Å². The molecule has 0 aromatic rings. The molecule has 0 saturated heterocycles. The van der Waals surface area contributed by atoms with Gasteiger partial charge in [-0.25, -0.2) is 0 Å². The van der Waals surface area contributed by atoms with Gasteiger partial charge in [0.05, 0.1) is 39.1 Å². The van der Waals surface area contributed by atoms with Crippen LogP contribution in [0.2, 0.25) is 0 Å². The molecule has 0 aromatic heterocycles. The van der Waals surface area contributed by atoms with E-state index >= 15 is 0 Å². The molecule has 0 rings (SSSR count). The molecule has 67 heavy (non-hydrogen) atoms. The minimum Gasteiger partial charge on any atom is -0.466 e. The van der Waals surface area contributed by atoms with Gasteiger partial charge in [0.25, 0.3) is 0 Å². The van der Waals surface area contributed by atoms with Crippen molar-refractivity contribution in [2.45, 2.75) is 213 Å². The molecule has 0 saturated carbocycles. The van der Waals surface area contributed by atoms with Gasteiger partial charge in [0.1, 0.15) is 6.04 Å². The van der Waals surface area contributed by atoms with Gasteiger partial charge in [-0.2, -0.15) is 35.3 Å². The molecule has 2 amide bonds. The van der Waals surface area contributed by atoms with E-state index in [1.165, 1.54) is 44.9 Å². The van der Waals surface area contributed by atoms with Gasteiger partial charge in [0.2, 0.25) is 11.8 Å². The first-order valence-electron chi connectivity index (χ1n) is 26.7. The molecule has 11 nitrogen and oxygen atoms in total. The van der Waals surface area contributed by atoms with Crippen molar-refractivity contribution >= 4 is 65.0 Å². The average Bonchev–Trinajstić information content (AvgIpc) is 3.28. The van der Waals surface area contributed by atoms with Crippen molar-refractivity contribution in [2.24, 2.45) is 17.8 Å². The SMILES string of the molecule is CCCCCCC(CCCC)COC(=O)CCSCCC(NC(=O)CCCCC(CCSCCC(=O)OCCCCCC(C)C)SCCC(=O)OCCCCCC(C)C)C(=O)NCCN(C)C. The summed E-state index contributed by atoms with van der Waals surface area (Å²) in [6.07, 6.45) is 23.5. The van der Waals surface area contributed by atoms with E-state index in [0.29, 0.717) is 112 Å². The number of ether oxygens (including phenoxy) is 3. The summed E-state index contributed by atoms with van der Waals surface area (Å²) < 4.78 is 16.7. The third-order valence-electron chi connectivity index (χ3n) is 11.7. The first-order chi connectivity index (χ1) is 32.3. The molecule has 394 valence electrons. The van der Waals surface area contributed by atoms with Crippen LogP contribution < -0.4 is 10.6 Å². The minimum atomic E-state index is -0.645. The number of amides is 2. The Labute approximate surface area is 423 Å². The Kier molecular flexibility index (Phi) is 45.6. The first kappa shape index (κ1) is 65.4. The van der Waals surface area contributed by atoms with Crippen LogP contribution in [-0.2, 0) is 38.2 Å². The van der Waals surface area contributed by atoms with Crippen molar-refractivity contribution < 1.29 is 38.2 Å². The quantitative estimate of drug-likeness (QED) is 0.0341. The Bertz CT molecular complexity index is 1230. The fraction of sp³-hybridized carbons (Fsp3) is 0.906. The predicted octanol–water partition coefficient (Wildman–Crippen LogP) is 12.1. The molecule has 0 heterocycles. The molecule has 2 N–H and O–H groups in total. The number of rotatable bonds is 48. The Balaban J connectivity index is 5.01. The van der Waals surface area contributed by atoms with Gasteiger partial charge >= 0.3 is 17.9 Å². The lowest BCUT2D eigenvalue weighted by Crippen LogP contribution is -2.48. The zero-order chi connectivity index (χ0) is 49.8. The lowest BCUT2D eigenvalue weighted by Gasteiger charge is -2.20. The fourth-order valence-corrected chi connectivity index (χ4v) is 10.7. The Morgan fingerprint density at radius 1 is 0.522 bits per heavy atom. The fourth-order valence-electron chi connectivity index (χ4n) is 7.40. The van der Waals surface area contributed by atoms with Gasteiger partial charge in [-0.05, 0) is 94.7 Å². The van der Waals surface area contributed by atoms with E-state index < -0.39 is 6.04 Å². The zero-order valence-corrected chi connectivity index (χ0v) is 46.5. The van der Waals surface area contributed by atoms with Crippen molar-refractivity contribution in [1.29, 1.82) is 0 Å². The summed E-state index contributed by atoms with van der Waals surface area (Å²) in [5, 5.41) is 6.32. The van der Waals surface area contributed by atoms with Gasteiger partial charge in [-0.15, -0.1) is 0 Å². The summed E-state index contributed by atoms with van der Waals surface area (Å²) in [5.41, 5.74) is 0. The number of hydrogen-bond acceptors (Lipinski definition) is 12. The van der Waals surface area contributed by atoms with Crippen LogP contribution >= 0.6 is 35.3 Å². The van der Waals surface area contributed by atoms with Crippen LogP contribution in [0, 0.1) is 17.8 Å². The maximum absolute atomic E-state index is 13.3. The van der Waals surface area contributed by atoms with Crippen molar-refractivity contribution in [3.63, 3.8) is 0 Å². The highest BCUT2D eigenvalue weighted by Gasteiger charge is 2.21. The number of unbranched alkanes of at least 4 members (excludes halogenated alkanes) is 9. The average molecular weight is 1000 g/mol. The summed E-state index contributed by atoms with van der Waals surface area (Å²) in [6.45, 7) is 16.0. The second-order valence-electron chi connectivity index (χ2n) is 19.5. The number of carbonyl (C=O) groups excluding carboxylic acids is 5. The smallest absolute Gasteiger partial charge is 0.306 e. The molecule has 0 bridgehead atoms. The summed E-state index contributed by atoms with van der Waals surface area (Å²) in [4.78, 5) is 65.9. The van der Waals surface area contributed by atoms with Crippen molar-refractivity contribution in [3.05, 3.63) is 0 Å². The normalized spacial score (nSPS) is 12.9. The van der Waals surface area contributed by atoms with Gasteiger partial charge in [0, 0.05) is 42.0 Å². The number of carbonyl (C=O) groups is 5. The zero-order valence-electron chi connectivity index (χ0n) is 44.1. The van der Waals surface area contributed by atoms with E-state index in [-0.39, 0.29) is 29.7 Å². The molecule has 14 heteroatoms. The Morgan fingerprint density at radius 3 is 1.63 bits per heavy atom. The minimum absolute atomic E-state index is 0.127.